The first-order valence-electron chi connectivity index (χ1n) is 8.25. The molecule has 2 rings (SSSR count). The van der Waals surface area contributed by atoms with E-state index < -0.39 is 11.9 Å². The van der Waals surface area contributed by atoms with E-state index in [9.17, 15) is 0 Å². The van der Waals surface area contributed by atoms with Crippen LogP contribution in [-0.2, 0) is 9.59 Å². The second-order valence-corrected chi connectivity index (χ2v) is 7.50. The predicted molar refractivity (Wildman–Crippen MR) is 96.4 cm³/mol. The van der Waals surface area contributed by atoms with Crippen LogP contribution in [0.1, 0.15) is 26.7 Å². The van der Waals surface area contributed by atoms with Crippen LogP contribution in [0.15, 0.2) is 35.2 Å². The Hall–Kier alpha value is -1.53. The van der Waals surface area contributed by atoms with Gasteiger partial charge in [0, 0.05) is 18.0 Å². The summed E-state index contributed by atoms with van der Waals surface area (Å²) in [5.41, 5.74) is 0. The lowest BCUT2D eigenvalue weighted by Crippen LogP contribution is -2.39. The van der Waals surface area contributed by atoms with E-state index in [1.54, 1.807) is 0 Å². The number of nitrogens with zero attached hydrogens (tertiary/aromatic N) is 1. The molecule has 1 aliphatic rings. The highest BCUT2D eigenvalue weighted by atomic mass is 32.2. The Balaban J connectivity index is 0.000000413. The third kappa shape index (κ3) is 8.93. The molecule has 1 saturated heterocycles. The summed E-state index contributed by atoms with van der Waals surface area (Å²) in [6.07, 6.45) is 2.72. The van der Waals surface area contributed by atoms with Gasteiger partial charge in [-0.3, -0.25) is 0 Å². The van der Waals surface area contributed by atoms with Gasteiger partial charge in [-0.25, -0.2) is 9.59 Å². The number of piperidine rings is 1. The van der Waals surface area contributed by atoms with E-state index in [2.05, 4.69) is 49.1 Å². The zero-order chi connectivity index (χ0) is 17.9. The van der Waals surface area contributed by atoms with Gasteiger partial charge < -0.3 is 15.1 Å². The maximum Gasteiger partial charge on any atom is 0.414 e. The summed E-state index contributed by atoms with van der Waals surface area (Å²) in [4.78, 5) is 22.3. The van der Waals surface area contributed by atoms with Crippen LogP contribution in [0, 0.1) is 11.8 Å². The number of carboxylic acid groups (broad SMARTS) is 2. The van der Waals surface area contributed by atoms with Crippen LogP contribution >= 0.6 is 11.8 Å². The lowest BCUT2D eigenvalue weighted by Gasteiger charge is -2.34. The third-order valence-corrected chi connectivity index (χ3v) is 4.86. The highest BCUT2D eigenvalue weighted by Gasteiger charge is 2.20. The molecule has 2 unspecified atom stereocenters. The van der Waals surface area contributed by atoms with Gasteiger partial charge >= 0.3 is 11.9 Å². The van der Waals surface area contributed by atoms with Gasteiger partial charge in [0.2, 0.25) is 0 Å². The fourth-order valence-corrected chi connectivity index (χ4v) is 3.83. The summed E-state index contributed by atoms with van der Waals surface area (Å²) in [7, 11) is 0. The summed E-state index contributed by atoms with van der Waals surface area (Å²) in [5, 5.41) is 14.8. The molecule has 0 aliphatic carbocycles. The smallest absolute Gasteiger partial charge is 0.414 e. The van der Waals surface area contributed by atoms with Crippen molar-refractivity contribution < 1.29 is 19.8 Å². The molecule has 1 aromatic carbocycles. The molecule has 24 heavy (non-hydrogen) atoms. The molecule has 0 amide bonds. The van der Waals surface area contributed by atoms with Crippen LogP contribution < -0.4 is 0 Å². The van der Waals surface area contributed by atoms with Gasteiger partial charge in [0.1, 0.15) is 0 Å². The van der Waals surface area contributed by atoms with Gasteiger partial charge in [-0.1, -0.05) is 32.0 Å². The second-order valence-electron chi connectivity index (χ2n) is 6.33. The quantitative estimate of drug-likeness (QED) is 0.480. The summed E-state index contributed by atoms with van der Waals surface area (Å²) < 4.78 is 0. The molecule has 0 saturated carbocycles. The minimum Gasteiger partial charge on any atom is -0.473 e. The van der Waals surface area contributed by atoms with Crippen LogP contribution in [0.25, 0.3) is 0 Å². The largest absolute Gasteiger partial charge is 0.473 e. The first-order valence-corrected chi connectivity index (χ1v) is 9.23. The molecule has 134 valence electrons. The Bertz CT molecular complexity index is 487. The molecule has 1 aliphatic heterocycles. The van der Waals surface area contributed by atoms with E-state index in [-0.39, 0.29) is 0 Å². The van der Waals surface area contributed by atoms with E-state index in [0.717, 1.165) is 11.8 Å². The average molecular weight is 353 g/mol. The van der Waals surface area contributed by atoms with Crippen LogP contribution in [-0.4, -0.2) is 52.4 Å². The summed E-state index contributed by atoms with van der Waals surface area (Å²) in [5.74, 6) is -0.639. The van der Waals surface area contributed by atoms with E-state index in [1.165, 1.54) is 43.1 Å². The fourth-order valence-electron chi connectivity index (χ4n) is 2.97. The molecular formula is C18H27NO4S. The minimum absolute atomic E-state index is 0.885. The Morgan fingerprint density at radius 1 is 1.08 bits per heavy atom. The summed E-state index contributed by atoms with van der Waals surface area (Å²) in [6.45, 7) is 8.66. The van der Waals surface area contributed by atoms with Crippen molar-refractivity contribution in [2.24, 2.45) is 11.8 Å². The summed E-state index contributed by atoms with van der Waals surface area (Å²) in [6, 6.07) is 10.7. The molecule has 2 atom stereocenters. The molecule has 1 fully saturated rings. The number of hydrogen-bond donors (Lipinski definition) is 2. The molecule has 6 heteroatoms. The van der Waals surface area contributed by atoms with Crippen molar-refractivity contribution in [3.63, 3.8) is 0 Å². The zero-order valence-corrected chi connectivity index (χ0v) is 15.2. The Labute approximate surface area is 148 Å². The monoisotopic (exact) mass is 353 g/mol. The van der Waals surface area contributed by atoms with Crippen LogP contribution in [0.3, 0.4) is 0 Å². The standard InChI is InChI=1S/C16H25NS.C2H2O4/c1-14-11-15(2)13-17(12-14)9-6-10-18-16-7-4-3-5-8-16;3-1(4)2(5)6/h3-5,7-8,14-15H,6,9-13H2,1-2H3;(H,3,4)(H,5,6). The first-order chi connectivity index (χ1) is 11.4. The number of likely N-dealkylation sites (tertiary alicyclic amines) is 1. The highest BCUT2D eigenvalue weighted by molar-refractivity contribution is 7.99. The maximum absolute atomic E-state index is 9.10. The topological polar surface area (TPSA) is 77.8 Å². The molecule has 0 bridgehead atoms. The van der Waals surface area contributed by atoms with Crippen LogP contribution in [0.4, 0.5) is 0 Å². The van der Waals surface area contributed by atoms with Crippen LogP contribution in [0.5, 0.6) is 0 Å². The molecule has 1 aromatic rings. The lowest BCUT2D eigenvalue weighted by molar-refractivity contribution is -0.159. The van der Waals surface area contributed by atoms with E-state index in [4.69, 9.17) is 19.8 Å². The van der Waals surface area contributed by atoms with Gasteiger partial charge in [0.05, 0.1) is 0 Å². The maximum atomic E-state index is 9.10. The number of thioether (sulfide) groups is 1. The van der Waals surface area contributed by atoms with Crippen molar-refractivity contribution >= 4 is 23.7 Å². The van der Waals surface area contributed by atoms with Crippen LogP contribution in [0.2, 0.25) is 0 Å². The third-order valence-electron chi connectivity index (χ3n) is 3.76. The predicted octanol–water partition coefficient (Wildman–Crippen LogP) is 3.30. The zero-order valence-electron chi connectivity index (χ0n) is 14.4. The van der Waals surface area contributed by atoms with Crippen molar-refractivity contribution in [2.45, 2.75) is 31.6 Å². The van der Waals surface area contributed by atoms with Gasteiger partial charge in [-0.15, -0.1) is 11.8 Å². The van der Waals surface area contributed by atoms with E-state index in [0.29, 0.717) is 0 Å². The minimum atomic E-state index is -1.82. The SMILES string of the molecule is CC1CC(C)CN(CCCSc2ccccc2)C1.O=C(O)C(=O)O. The number of rotatable bonds is 5. The Morgan fingerprint density at radius 3 is 2.12 bits per heavy atom. The van der Waals surface area contributed by atoms with Crippen molar-refractivity contribution in [2.75, 3.05) is 25.4 Å². The van der Waals surface area contributed by atoms with Crippen molar-refractivity contribution in [1.29, 1.82) is 0 Å². The number of carbonyl (C=O) groups is 2. The number of aliphatic carboxylic acids is 2. The van der Waals surface area contributed by atoms with Crippen molar-refractivity contribution in [3.05, 3.63) is 30.3 Å². The number of benzene rings is 1. The lowest BCUT2D eigenvalue weighted by atomic mass is 9.92. The van der Waals surface area contributed by atoms with Gasteiger partial charge in [-0.2, -0.15) is 0 Å². The number of hydrogen-bond acceptors (Lipinski definition) is 4. The van der Waals surface area contributed by atoms with Crippen molar-refractivity contribution in [1.82, 2.24) is 4.90 Å². The average Bonchev–Trinajstić information content (AvgIpc) is 2.52. The molecule has 0 spiro atoms. The molecular weight excluding hydrogens is 326 g/mol. The normalized spacial score (nSPS) is 20.8. The molecule has 2 N–H and O–H groups in total. The Kier molecular flexibility index (Phi) is 9.49. The first kappa shape index (κ1) is 20.5. The van der Waals surface area contributed by atoms with Gasteiger partial charge in [0.25, 0.3) is 0 Å². The number of carboxylic acids is 2. The molecule has 0 aromatic heterocycles. The van der Waals surface area contributed by atoms with Crippen molar-refractivity contribution in [3.8, 4) is 0 Å². The highest BCUT2D eigenvalue weighted by Crippen LogP contribution is 2.22. The molecule has 5 nitrogen and oxygen atoms in total. The van der Waals surface area contributed by atoms with Gasteiger partial charge in [-0.05, 0) is 49.1 Å². The Morgan fingerprint density at radius 2 is 1.62 bits per heavy atom. The van der Waals surface area contributed by atoms with E-state index >= 15 is 0 Å². The fraction of sp³-hybridized carbons (Fsp3) is 0.556. The second kappa shape index (κ2) is 11.1. The molecule has 0 radical (unpaired) electrons. The van der Waals surface area contributed by atoms with Gasteiger partial charge in [0.15, 0.2) is 0 Å². The summed E-state index contributed by atoms with van der Waals surface area (Å²) >= 11 is 1.98. The van der Waals surface area contributed by atoms with E-state index in [1.807, 2.05) is 11.8 Å². The molecule has 1 heterocycles.